The van der Waals surface area contributed by atoms with Crippen LogP contribution in [0.25, 0.3) is 11.3 Å². The first-order valence-electron chi connectivity index (χ1n) is 11.2. The van der Waals surface area contributed by atoms with E-state index < -0.39 is 41.6 Å². The molecular formula is C24H27ClFN5O5. The van der Waals surface area contributed by atoms with Crippen LogP contribution < -0.4 is 16.2 Å². The van der Waals surface area contributed by atoms with Crippen LogP contribution in [0.2, 0.25) is 5.02 Å². The molecule has 0 radical (unpaired) electrons. The van der Waals surface area contributed by atoms with Gasteiger partial charge in [-0.3, -0.25) is 19.0 Å². The summed E-state index contributed by atoms with van der Waals surface area (Å²) >= 11 is 6.31. The minimum atomic E-state index is -0.803. The molecule has 10 nitrogen and oxygen atoms in total. The van der Waals surface area contributed by atoms with E-state index in [4.69, 9.17) is 32.1 Å². The Morgan fingerprint density at radius 3 is 2.61 bits per heavy atom. The van der Waals surface area contributed by atoms with Crippen molar-refractivity contribution in [2.75, 3.05) is 18.6 Å². The van der Waals surface area contributed by atoms with Crippen LogP contribution in [0.15, 0.2) is 23.0 Å². The van der Waals surface area contributed by atoms with E-state index in [1.807, 2.05) is 0 Å². The molecule has 1 aliphatic rings. The number of anilines is 1. The van der Waals surface area contributed by atoms with E-state index in [1.54, 1.807) is 31.7 Å². The van der Waals surface area contributed by atoms with Gasteiger partial charge in [-0.25, -0.2) is 9.37 Å². The summed E-state index contributed by atoms with van der Waals surface area (Å²) in [4.78, 5) is 43.9. The zero-order valence-corrected chi connectivity index (χ0v) is 21.1. The Bertz CT molecular complexity index is 1280. The number of hydrogen-bond donors (Lipinski definition) is 1. The Balaban J connectivity index is 2.06. The molecule has 0 aliphatic carbocycles. The summed E-state index contributed by atoms with van der Waals surface area (Å²) in [5, 5.41) is 8.66. The monoisotopic (exact) mass is 519 g/mol. The van der Waals surface area contributed by atoms with Crippen LogP contribution >= 0.6 is 11.6 Å². The topological polar surface area (TPSA) is 141 Å². The summed E-state index contributed by atoms with van der Waals surface area (Å²) in [5.74, 6) is -2.34. The second-order valence-corrected chi connectivity index (χ2v) is 9.74. The Labute approximate surface area is 212 Å². The highest BCUT2D eigenvalue weighted by Gasteiger charge is 2.35. The molecule has 2 atom stereocenters. The molecule has 0 spiro atoms. The molecule has 192 valence electrons. The molecule has 2 heterocycles. The van der Waals surface area contributed by atoms with Crippen LogP contribution in [0.4, 0.5) is 10.3 Å². The highest BCUT2D eigenvalue weighted by molar-refractivity contribution is 6.32. The van der Waals surface area contributed by atoms with Crippen LogP contribution in [0, 0.1) is 23.1 Å². The minimum Gasteiger partial charge on any atom is -0.468 e. The van der Waals surface area contributed by atoms with Crippen LogP contribution in [0.5, 0.6) is 0 Å². The number of ether oxygens (including phenoxy) is 2. The number of piperidine rings is 1. The van der Waals surface area contributed by atoms with Crippen molar-refractivity contribution in [3.05, 3.63) is 45.0 Å². The van der Waals surface area contributed by atoms with E-state index in [-0.39, 0.29) is 46.7 Å². The maximum atomic E-state index is 14.3. The van der Waals surface area contributed by atoms with Crippen LogP contribution in [-0.2, 0) is 25.6 Å². The van der Waals surface area contributed by atoms with Crippen LogP contribution in [0.3, 0.4) is 0 Å². The van der Waals surface area contributed by atoms with Gasteiger partial charge in [-0.15, -0.1) is 0 Å². The minimum absolute atomic E-state index is 0.0182. The number of nitrogens with two attached hydrogens (primary N) is 1. The second kappa shape index (κ2) is 10.6. The fourth-order valence-corrected chi connectivity index (χ4v) is 4.12. The van der Waals surface area contributed by atoms with Crippen molar-refractivity contribution in [2.45, 2.75) is 51.9 Å². The fourth-order valence-electron chi connectivity index (χ4n) is 3.86. The number of nitrogens with zero attached hydrogens (tertiary/aromatic N) is 4. The van der Waals surface area contributed by atoms with Crippen molar-refractivity contribution < 1.29 is 23.5 Å². The van der Waals surface area contributed by atoms with Gasteiger partial charge in [0.15, 0.2) is 0 Å². The summed E-state index contributed by atoms with van der Waals surface area (Å²) in [6.45, 7) is 5.06. The molecule has 2 aromatic rings. The maximum absolute atomic E-state index is 14.3. The fraction of sp³-hybridized carbons (Fsp3) is 0.458. The first-order chi connectivity index (χ1) is 16.9. The lowest BCUT2D eigenvalue weighted by Crippen LogP contribution is -2.52. The average Bonchev–Trinajstić information content (AvgIpc) is 2.81. The lowest BCUT2D eigenvalue weighted by Gasteiger charge is -2.38. The van der Waals surface area contributed by atoms with E-state index in [0.29, 0.717) is 6.42 Å². The molecule has 2 unspecified atom stereocenters. The molecule has 0 bridgehead atoms. The number of methoxy groups -OCH3 is 1. The Morgan fingerprint density at radius 2 is 2.06 bits per heavy atom. The summed E-state index contributed by atoms with van der Waals surface area (Å²) < 4.78 is 25.5. The summed E-state index contributed by atoms with van der Waals surface area (Å²) in [6, 6.07) is 5.44. The van der Waals surface area contributed by atoms with Crippen molar-refractivity contribution in [3.63, 3.8) is 0 Å². The maximum Gasteiger partial charge on any atom is 0.325 e. The van der Waals surface area contributed by atoms with Gasteiger partial charge < -0.3 is 20.1 Å². The summed E-state index contributed by atoms with van der Waals surface area (Å²) in [6.07, 6.45) is -0.175. The van der Waals surface area contributed by atoms with Crippen LogP contribution in [-0.4, -0.2) is 46.9 Å². The highest BCUT2D eigenvalue weighted by Crippen LogP contribution is 2.31. The molecule has 12 heteroatoms. The molecule has 2 N–H and O–H groups in total. The molecule has 1 aliphatic heterocycles. The van der Waals surface area contributed by atoms with Gasteiger partial charge in [0.1, 0.15) is 29.1 Å². The quantitative estimate of drug-likeness (QED) is 0.590. The normalized spacial score (nSPS) is 17.9. The lowest BCUT2D eigenvalue weighted by molar-refractivity contribution is -0.161. The zero-order chi connectivity index (χ0) is 26.8. The third kappa shape index (κ3) is 5.83. The van der Waals surface area contributed by atoms with E-state index in [9.17, 15) is 18.8 Å². The number of carbonyl (C=O) groups excluding carboxylic acids is 2. The van der Waals surface area contributed by atoms with E-state index in [0.717, 1.165) is 10.6 Å². The number of aromatic nitrogens is 2. The molecule has 36 heavy (non-hydrogen) atoms. The second-order valence-electron chi connectivity index (χ2n) is 9.36. The van der Waals surface area contributed by atoms with Crippen LogP contribution in [0.1, 0.15) is 39.2 Å². The Kier molecular flexibility index (Phi) is 8.01. The number of hydrogen-bond acceptors (Lipinski definition) is 9. The van der Waals surface area contributed by atoms with Gasteiger partial charge in [0, 0.05) is 12.1 Å². The summed E-state index contributed by atoms with van der Waals surface area (Å²) in [7, 11) is 1.17. The van der Waals surface area contributed by atoms with Gasteiger partial charge in [-0.1, -0.05) is 17.7 Å². The molecule has 0 amide bonds. The van der Waals surface area contributed by atoms with Gasteiger partial charge in [-0.2, -0.15) is 5.26 Å². The SMILES string of the molecule is COC(=O)Cn1c(N2CCC(C(=O)OC(C)(C)C)CC2N)nc(-c2ccc(C#N)c(F)c2)c(Cl)c1=O. The van der Waals surface area contributed by atoms with Crippen molar-refractivity contribution in [2.24, 2.45) is 11.7 Å². The number of halogens is 2. The number of benzene rings is 1. The first kappa shape index (κ1) is 27.1. The highest BCUT2D eigenvalue weighted by atomic mass is 35.5. The third-order valence-electron chi connectivity index (χ3n) is 5.61. The third-order valence-corrected chi connectivity index (χ3v) is 5.95. The smallest absolute Gasteiger partial charge is 0.325 e. The predicted octanol–water partition coefficient (Wildman–Crippen LogP) is 2.59. The molecular weight excluding hydrogens is 493 g/mol. The standard InChI is InChI=1S/C24H27ClFN5O5/c1-24(2,3)36-22(34)14-7-8-30(17(28)10-14)23-29-20(13-5-6-15(11-27)16(26)9-13)19(25)21(33)31(23)12-18(32)35-4/h5-6,9,14,17H,7-8,10,12,28H2,1-4H3. The zero-order valence-electron chi connectivity index (χ0n) is 20.4. The average molecular weight is 520 g/mol. The molecule has 0 saturated carbocycles. The van der Waals surface area contributed by atoms with Gasteiger partial charge in [0.05, 0.1) is 30.5 Å². The number of carbonyl (C=O) groups is 2. The predicted molar refractivity (Wildman–Crippen MR) is 130 cm³/mol. The van der Waals surface area contributed by atoms with E-state index in [1.165, 1.54) is 19.2 Å². The van der Waals surface area contributed by atoms with Crippen molar-refractivity contribution >= 4 is 29.5 Å². The molecule has 3 rings (SSSR count). The van der Waals surface area contributed by atoms with Gasteiger partial charge in [-0.05, 0) is 45.7 Å². The number of rotatable bonds is 5. The summed E-state index contributed by atoms with van der Waals surface area (Å²) in [5.41, 5.74) is 4.93. The Hall–Kier alpha value is -3.49. The van der Waals surface area contributed by atoms with Crippen molar-refractivity contribution in [1.29, 1.82) is 5.26 Å². The van der Waals surface area contributed by atoms with Gasteiger partial charge >= 0.3 is 11.9 Å². The van der Waals surface area contributed by atoms with E-state index in [2.05, 4.69) is 4.98 Å². The van der Waals surface area contributed by atoms with Gasteiger partial charge in [0.2, 0.25) is 5.95 Å². The molecule has 1 fully saturated rings. The Morgan fingerprint density at radius 1 is 1.36 bits per heavy atom. The molecule has 1 saturated heterocycles. The van der Waals surface area contributed by atoms with Gasteiger partial charge in [0.25, 0.3) is 5.56 Å². The molecule has 1 aromatic carbocycles. The number of esters is 2. The number of nitriles is 1. The largest absolute Gasteiger partial charge is 0.468 e. The first-order valence-corrected chi connectivity index (χ1v) is 11.6. The lowest BCUT2D eigenvalue weighted by atomic mass is 9.94. The van der Waals surface area contributed by atoms with Crippen molar-refractivity contribution in [3.8, 4) is 17.3 Å². The molecule has 1 aromatic heterocycles. The van der Waals surface area contributed by atoms with E-state index >= 15 is 0 Å². The van der Waals surface area contributed by atoms with Crippen molar-refractivity contribution in [1.82, 2.24) is 9.55 Å².